The third kappa shape index (κ3) is 2.05. The van der Waals surface area contributed by atoms with E-state index in [0.29, 0.717) is 17.3 Å². The summed E-state index contributed by atoms with van der Waals surface area (Å²) in [5.41, 5.74) is 5.61. The highest BCUT2D eigenvalue weighted by Gasteiger charge is 2.33. The number of carbonyl (C=O) groups excluding carboxylic acids is 1. The fraction of sp³-hybridized carbons (Fsp3) is 0.800. The average molecular weight is 212 g/mol. The zero-order valence-corrected chi connectivity index (χ0v) is 9.05. The minimum Gasteiger partial charge on any atom is -0.392 e. The number of hydrogen-bond donors (Lipinski definition) is 1. The summed E-state index contributed by atoms with van der Waals surface area (Å²) in [6.07, 6.45) is 5.14. The molecule has 1 atom stereocenters. The van der Waals surface area contributed by atoms with Crippen LogP contribution < -0.4 is 5.73 Å². The molecule has 3 nitrogen and oxygen atoms in total. The van der Waals surface area contributed by atoms with Crippen molar-refractivity contribution in [2.45, 2.75) is 38.1 Å². The van der Waals surface area contributed by atoms with E-state index >= 15 is 0 Å². The molecule has 1 saturated heterocycles. The highest BCUT2D eigenvalue weighted by Crippen LogP contribution is 2.33. The first kappa shape index (κ1) is 9.90. The van der Waals surface area contributed by atoms with E-state index in [1.807, 2.05) is 4.90 Å². The maximum absolute atomic E-state index is 11.8. The van der Waals surface area contributed by atoms with Crippen LogP contribution in [0.15, 0.2) is 0 Å². The molecule has 1 aliphatic heterocycles. The van der Waals surface area contributed by atoms with Gasteiger partial charge in [-0.25, -0.2) is 0 Å². The summed E-state index contributed by atoms with van der Waals surface area (Å²) in [5, 5.41) is 0. The zero-order valence-electron chi connectivity index (χ0n) is 8.24. The molecule has 1 heterocycles. The van der Waals surface area contributed by atoms with Crippen molar-refractivity contribution in [1.29, 1.82) is 0 Å². The van der Waals surface area contributed by atoms with Gasteiger partial charge in [-0.3, -0.25) is 4.79 Å². The van der Waals surface area contributed by atoms with E-state index in [1.54, 1.807) is 0 Å². The summed E-state index contributed by atoms with van der Waals surface area (Å²) in [7, 11) is 0. The number of nitrogens with two attached hydrogens (primary N) is 1. The second-order valence-corrected chi connectivity index (χ2v) is 4.77. The fourth-order valence-electron chi connectivity index (χ4n) is 2.05. The van der Waals surface area contributed by atoms with Crippen LogP contribution in [-0.4, -0.2) is 28.4 Å². The highest BCUT2D eigenvalue weighted by molar-refractivity contribution is 7.80. The van der Waals surface area contributed by atoms with Gasteiger partial charge in [0.1, 0.15) is 0 Å². The molecule has 0 spiro atoms. The van der Waals surface area contributed by atoms with Gasteiger partial charge in [0, 0.05) is 13.0 Å². The van der Waals surface area contributed by atoms with E-state index < -0.39 is 0 Å². The van der Waals surface area contributed by atoms with Crippen LogP contribution in [0.1, 0.15) is 32.1 Å². The molecule has 2 fully saturated rings. The van der Waals surface area contributed by atoms with Gasteiger partial charge in [-0.1, -0.05) is 12.2 Å². The first-order valence-corrected chi connectivity index (χ1v) is 5.68. The summed E-state index contributed by atoms with van der Waals surface area (Å²) in [6.45, 7) is 0.841. The van der Waals surface area contributed by atoms with Crippen LogP contribution in [0, 0.1) is 5.92 Å². The molecule has 14 heavy (non-hydrogen) atoms. The SMILES string of the molecule is NC(=S)C1CCCN1C(=O)CC1CC1. The standard InChI is InChI=1S/C10H16N2OS/c11-10(14)8-2-1-5-12(8)9(13)6-7-3-4-7/h7-8H,1-6H2,(H2,11,14). The summed E-state index contributed by atoms with van der Waals surface area (Å²) in [5.74, 6) is 0.901. The Bertz CT molecular complexity index is 263. The number of hydrogen-bond acceptors (Lipinski definition) is 2. The number of thiocarbonyl (C=S) groups is 1. The molecule has 78 valence electrons. The summed E-state index contributed by atoms with van der Waals surface area (Å²) < 4.78 is 0. The van der Waals surface area contributed by atoms with Gasteiger partial charge in [0.05, 0.1) is 11.0 Å². The van der Waals surface area contributed by atoms with E-state index in [4.69, 9.17) is 18.0 Å². The molecule has 2 N–H and O–H groups in total. The van der Waals surface area contributed by atoms with Crippen molar-refractivity contribution >= 4 is 23.1 Å². The molecule has 1 saturated carbocycles. The van der Waals surface area contributed by atoms with Gasteiger partial charge in [-0.15, -0.1) is 0 Å². The summed E-state index contributed by atoms with van der Waals surface area (Å²) in [6, 6.07) is 0.0382. The predicted molar refractivity (Wildman–Crippen MR) is 58.9 cm³/mol. The lowest BCUT2D eigenvalue weighted by atomic mass is 10.2. The lowest BCUT2D eigenvalue weighted by molar-refractivity contribution is -0.131. The van der Waals surface area contributed by atoms with Crippen LogP contribution in [0.3, 0.4) is 0 Å². The Hall–Kier alpha value is -0.640. The highest BCUT2D eigenvalue weighted by atomic mass is 32.1. The molecule has 2 rings (SSSR count). The molecule has 0 aromatic heterocycles. The molecule has 0 radical (unpaired) electrons. The van der Waals surface area contributed by atoms with Gasteiger partial charge in [0.2, 0.25) is 5.91 Å². The molecule has 1 amide bonds. The second kappa shape index (κ2) is 3.85. The Morgan fingerprint density at radius 1 is 1.43 bits per heavy atom. The van der Waals surface area contributed by atoms with Crippen molar-refractivity contribution < 1.29 is 4.79 Å². The van der Waals surface area contributed by atoms with Crippen molar-refractivity contribution in [1.82, 2.24) is 4.90 Å². The quantitative estimate of drug-likeness (QED) is 0.712. The lowest BCUT2D eigenvalue weighted by Gasteiger charge is -2.23. The number of likely N-dealkylation sites (tertiary alicyclic amines) is 1. The molecule has 4 heteroatoms. The molecule has 2 aliphatic rings. The van der Waals surface area contributed by atoms with Crippen LogP contribution >= 0.6 is 12.2 Å². The Morgan fingerprint density at radius 2 is 2.14 bits per heavy atom. The molecule has 0 bridgehead atoms. The zero-order chi connectivity index (χ0) is 10.1. The number of rotatable bonds is 3. The molecule has 1 unspecified atom stereocenters. The lowest BCUT2D eigenvalue weighted by Crippen LogP contribution is -2.42. The van der Waals surface area contributed by atoms with E-state index in [-0.39, 0.29) is 11.9 Å². The molecular weight excluding hydrogens is 196 g/mol. The van der Waals surface area contributed by atoms with Crippen LogP contribution in [0.2, 0.25) is 0 Å². The number of amides is 1. The topological polar surface area (TPSA) is 46.3 Å². The minimum absolute atomic E-state index is 0.0382. The van der Waals surface area contributed by atoms with Crippen LogP contribution in [0.4, 0.5) is 0 Å². The van der Waals surface area contributed by atoms with E-state index in [2.05, 4.69) is 0 Å². The van der Waals surface area contributed by atoms with Crippen LogP contribution in [0.5, 0.6) is 0 Å². The largest absolute Gasteiger partial charge is 0.392 e. The Balaban J connectivity index is 1.93. The number of carbonyl (C=O) groups is 1. The van der Waals surface area contributed by atoms with Crippen molar-refractivity contribution in [3.05, 3.63) is 0 Å². The molecule has 0 aromatic carbocycles. The van der Waals surface area contributed by atoms with Crippen LogP contribution in [0.25, 0.3) is 0 Å². The van der Waals surface area contributed by atoms with Crippen molar-refractivity contribution in [2.24, 2.45) is 11.7 Å². The molecule has 0 aromatic rings. The van der Waals surface area contributed by atoms with Gasteiger partial charge in [-0.2, -0.15) is 0 Å². The molecular formula is C10H16N2OS. The number of nitrogens with zero attached hydrogens (tertiary/aromatic N) is 1. The van der Waals surface area contributed by atoms with Crippen molar-refractivity contribution in [3.63, 3.8) is 0 Å². The van der Waals surface area contributed by atoms with Gasteiger partial charge in [0.15, 0.2) is 0 Å². The first-order chi connectivity index (χ1) is 6.68. The maximum atomic E-state index is 11.8. The van der Waals surface area contributed by atoms with Gasteiger partial charge in [-0.05, 0) is 31.6 Å². The summed E-state index contributed by atoms with van der Waals surface area (Å²) >= 11 is 4.96. The minimum atomic E-state index is 0.0382. The van der Waals surface area contributed by atoms with Crippen LogP contribution in [-0.2, 0) is 4.79 Å². The van der Waals surface area contributed by atoms with E-state index in [0.717, 1.165) is 19.4 Å². The molecule has 1 aliphatic carbocycles. The van der Waals surface area contributed by atoms with Gasteiger partial charge >= 0.3 is 0 Å². The predicted octanol–water partition coefficient (Wildman–Crippen LogP) is 1.06. The third-order valence-electron chi connectivity index (χ3n) is 3.06. The van der Waals surface area contributed by atoms with Crippen molar-refractivity contribution in [2.75, 3.05) is 6.54 Å². The Kier molecular flexibility index (Phi) is 2.72. The third-order valence-corrected chi connectivity index (χ3v) is 3.33. The second-order valence-electron chi connectivity index (χ2n) is 4.30. The van der Waals surface area contributed by atoms with Gasteiger partial charge in [0.25, 0.3) is 0 Å². The Labute approximate surface area is 89.6 Å². The monoisotopic (exact) mass is 212 g/mol. The summed E-state index contributed by atoms with van der Waals surface area (Å²) in [4.78, 5) is 14.2. The van der Waals surface area contributed by atoms with Crippen molar-refractivity contribution in [3.8, 4) is 0 Å². The van der Waals surface area contributed by atoms with E-state index in [9.17, 15) is 4.79 Å². The Morgan fingerprint density at radius 3 is 2.71 bits per heavy atom. The fourth-order valence-corrected chi connectivity index (χ4v) is 2.29. The normalized spacial score (nSPS) is 26.6. The first-order valence-electron chi connectivity index (χ1n) is 5.27. The maximum Gasteiger partial charge on any atom is 0.223 e. The van der Waals surface area contributed by atoms with E-state index in [1.165, 1.54) is 12.8 Å². The average Bonchev–Trinajstić information content (AvgIpc) is 2.81. The van der Waals surface area contributed by atoms with Gasteiger partial charge < -0.3 is 10.6 Å². The smallest absolute Gasteiger partial charge is 0.223 e.